The van der Waals surface area contributed by atoms with Gasteiger partial charge in [-0.1, -0.05) is 25.0 Å². The van der Waals surface area contributed by atoms with Crippen molar-refractivity contribution in [2.75, 3.05) is 67.1 Å². The molecular weight excluding hydrogens is 534 g/mol. The number of nitrogens with one attached hydrogen (secondary N) is 1. The highest BCUT2D eigenvalue weighted by Gasteiger charge is 2.26. The predicted molar refractivity (Wildman–Crippen MR) is 149 cm³/mol. The van der Waals surface area contributed by atoms with Crippen LogP contribution in [0.3, 0.4) is 0 Å². The molecule has 0 aliphatic carbocycles. The highest BCUT2D eigenvalue weighted by Crippen LogP contribution is 2.40. The first-order valence-corrected chi connectivity index (χ1v) is 13.7. The maximum absolute atomic E-state index is 12.7. The number of carboxylic acid groups (broad SMARTS) is 2. The van der Waals surface area contributed by atoms with Crippen LogP contribution in [0.25, 0.3) is 6.08 Å². The molecule has 0 atom stereocenters. The Morgan fingerprint density at radius 2 is 1.46 bits per heavy atom. The lowest BCUT2D eigenvalue weighted by Crippen LogP contribution is -3.15. The monoisotopic (exact) mass is 575 g/mol. The second kappa shape index (κ2) is 17.6. The normalized spacial score (nSPS) is 16.1. The standard InChI is InChI=1S/C25H37N3O5.C4H4O4/c1-31-21-12-11-20(24(32-2)25(21)33-3)9-8-10-22(29)28-17-15-26(16-18-28)19-23(30)27-13-6-4-5-7-14-27;5-3(6)1-2-4(7)8/h8-9,11-12H,4-7,10,13-19H2,1-3H3;1-2H,(H,5,6)(H,7,8)/b9-8+;2-1-. The van der Waals surface area contributed by atoms with E-state index in [1.807, 2.05) is 34.1 Å². The molecule has 3 rings (SSSR count). The molecule has 2 saturated heterocycles. The van der Waals surface area contributed by atoms with Crippen molar-refractivity contribution in [1.29, 1.82) is 0 Å². The van der Waals surface area contributed by atoms with Gasteiger partial charge >= 0.3 is 5.97 Å². The Balaban J connectivity index is 0.000000642. The summed E-state index contributed by atoms with van der Waals surface area (Å²) in [6.07, 6.45) is 9.68. The lowest BCUT2D eigenvalue weighted by Gasteiger charge is -2.33. The number of hydrogen-bond acceptors (Lipinski definition) is 8. The Labute approximate surface area is 240 Å². The molecule has 1 aromatic rings. The first-order chi connectivity index (χ1) is 19.7. The Morgan fingerprint density at radius 3 is 1.98 bits per heavy atom. The van der Waals surface area contributed by atoms with Gasteiger partial charge in [0.1, 0.15) is 0 Å². The number of rotatable bonds is 10. The number of carbonyl (C=O) groups is 4. The van der Waals surface area contributed by atoms with Crippen molar-refractivity contribution >= 4 is 29.8 Å². The fourth-order valence-corrected chi connectivity index (χ4v) is 4.71. The van der Waals surface area contributed by atoms with Gasteiger partial charge in [-0.15, -0.1) is 0 Å². The van der Waals surface area contributed by atoms with E-state index in [-0.39, 0.29) is 11.8 Å². The van der Waals surface area contributed by atoms with Crippen LogP contribution in [0.1, 0.15) is 37.7 Å². The van der Waals surface area contributed by atoms with E-state index in [9.17, 15) is 24.3 Å². The van der Waals surface area contributed by atoms with Crippen LogP contribution in [0.15, 0.2) is 30.4 Å². The Bertz CT molecular complexity index is 1070. The molecule has 2 amide bonds. The first kappa shape index (κ1) is 33.1. The number of nitrogens with zero attached hydrogens (tertiary/aromatic N) is 2. The number of quaternary nitrogens is 1. The number of carbonyl (C=O) groups excluding carboxylic acids is 3. The molecule has 0 saturated carbocycles. The number of amides is 2. The van der Waals surface area contributed by atoms with Crippen molar-refractivity contribution in [3.05, 3.63) is 35.9 Å². The van der Waals surface area contributed by atoms with Crippen molar-refractivity contribution in [2.45, 2.75) is 32.1 Å². The minimum atomic E-state index is -1.51. The molecule has 41 heavy (non-hydrogen) atoms. The van der Waals surface area contributed by atoms with E-state index in [0.717, 1.165) is 44.6 Å². The van der Waals surface area contributed by atoms with Crippen LogP contribution >= 0.6 is 0 Å². The second-order valence-electron chi connectivity index (χ2n) is 9.62. The van der Waals surface area contributed by atoms with Crippen LogP contribution in [-0.4, -0.2) is 106 Å². The molecule has 12 heteroatoms. The number of carboxylic acids is 2. The number of hydrogen-bond donors (Lipinski definition) is 2. The molecule has 1 aromatic carbocycles. The van der Waals surface area contributed by atoms with E-state index in [4.69, 9.17) is 19.3 Å². The summed E-state index contributed by atoms with van der Waals surface area (Å²) >= 11 is 0. The Kier molecular flexibility index (Phi) is 14.2. The number of benzene rings is 1. The van der Waals surface area contributed by atoms with Gasteiger partial charge in [0.25, 0.3) is 5.91 Å². The number of aliphatic carboxylic acids is 2. The van der Waals surface area contributed by atoms with Gasteiger partial charge < -0.3 is 43.9 Å². The molecule has 2 aliphatic rings. The Hall–Kier alpha value is -4.06. The number of piperazine rings is 1. The molecule has 2 fully saturated rings. The smallest absolute Gasteiger partial charge is 0.328 e. The predicted octanol–water partition coefficient (Wildman–Crippen LogP) is -0.377. The summed E-state index contributed by atoms with van der Waals surface area (Å²) < 4.78 is 16.2. The SMILES string of the molecule is COc1ccc(/C=C/CC(=O)N2CC[NH+](CC(=O)N3CCCCCC3)CC2)c(OC)c1OC.O=C([O-])/C=C\C(=O)O. The number of ether oxygens (including phenoxy) is 3. The van der Waals surface area contributed by atoms with Gasteiger partial charge in [0.15, 0.2) is 18.0 Å². The summed E-state index contributed by atoms with van der Waals surface area (Å²) in [5.74, 6) is -0.741. The number of likely N-dealkylation sites (tertiary alicyclic amines) is 1. The van der Waals surface area contributed by atoms with E-state index in [1.165, 1.54) is 17.7 Å². The Morgan fingerprint density at radius 1 is 0.854 bits per heavy atom. The van der Waals surface area contributed by atoms with E-state index in [2.05, 4.69) is 0 Å². The van der Waals surface area contributed by atoms with Crippen molar-refractivity contribution in [2.24, 2.45) is 0 Å². The lowest BCUT2D eigenvalue weighted by molar-refractivity contribution is -0.896. The van der Waals surface area contributed by atoms with Crippen molar-refractivity contribution in [1.82, 2.24) is 9.80 Å². The molecular formula is C29H41N3O9. The highest BCUT2D eigenvalue weighted by atomic mass is 16.5. The van der Waals surface area contributed by atoms with Gasteiger partial charge in [-0.3, -0.25) is 9.59 Å². The fourth-order valence-electron chi connectivity index (χ4n) is 4.71. The van der Waals surface area contributed by atoms with Gasteiger partial charge in [-0.05, 0) is 31.1 Å². The zero-order valence-corrected chi connectivity index (χ0v) is 24.1. The van der Waals surface area contributed by atoms with Crippen molar-refractivity contribution < 1.29 is 48.5 Å². The van der Waals surface area contributed by atoms with Crippen LogP contribution in [0, 0.1) is 0 Å². The van der Waals surface area contributed by atoms with E-state index < -0.39 is 11.9 Å². The third-order valence-corrected chi connectivity index (χ3v) is 6.87. The lowest BCUT2D eigenvalue weighted by atomic mass is 10.1. The van der Waals surface area contributed by atoms with Crippen LogP contribution in [0.5, 0.6) is 17.2 Å². The topological polar surface area (TPSA) is 150 Å². The van der Waals surface area contributed by atoms with Gasteiger partial charge in [0, 0.05) is 31.1 Å². The molecule has 12 nitrogen and oxygen atoms in total. The molecule has 0 aromatic heterocycles. The third kappa shape index (κ3) is 11.1. The maximum atomic E-state index is 12.7. The van der Waals surface area contributed by atoms with Crippen LogP contribution in [-0.2, 0) is 19.2 Å². The summed E-state index contributed by atoms with van der Waals surface area (Å²) in [7, 11) is 4.73. The molecule has 0 bridgehead atoms. The summed E-state index contributed by atoms with van der Waals surface area (Å²) in [6.45, 7) is 5.35. The maximum Gasteiger partial charge on any atom is 0.328 e. The van der Waals surface area contributed by atoms with Gasteiger partial charge in [-0.25, -0.2) is 4.79 Å². The van der Waals surface area contributed by atoms with Crippen molar-refractivity contribution in [3.63, 3.8) is 0 Å². The molecule has 2 aliphatic heterocycles. The zero-order valence-electron chi connectivity index (χ0n) is 24.1. The van der Waals surface area contributed by atoms with Crippen molar-refractivity contribution in [3.8, 4) is 17.2 Å². The van der Waals surface area contributed by atoms with Crippen LogP contribution < -0.4 is 24.2 Å². The third-order valence-electron chi connectivity index (χ3n) is 6.87. The molecule has 2 N–H and O–H groups in total. The molecule has 2 heterocycles. The summed E-state index contributed by atoms with van der Waals surface area (Å²) in [4.78, 5) is 49.5. The minimum absolute atomic E-state index is 0.101. The summed E-state index contributed by atoms with van der Waals surface area (Å²) in [5.41, 5.74) is 0.823. The quantitative estimate of drug-likeness (QED) is 0.356. The minimum Gasteiger partial charge on any atom is -0.545 e. The fraction of sp³-hybridized carbons (Fsp3) is 0.517. The average molecular weight is 576 g/mol. The molecule has 226 valence electrons. The zero-order chi connectivity index (χ0) is 30.2. The van der Waals surface area contributed by atoms with E-state index in [1.54, 1.807) is 21.3 Å². The van der Waals surface area contributed by atoms with E-state index >= 15 is 0 Å². The average Bonchev–Trinajstić information content (AvgIpc) is 3.26. The van der Waals surface area contributed by atoms with Gasteiger partial charge in [0.2, 0.25) is 11.7 Å². The second-order valence-corrected chi connectivity index (χ2v) is 9.62. The van der Waals surface area contributed by atoms with E-state index in [0.29, 0.717) is 55.5 Å². The summed E-state index contributed by atoms with van der Waals surface area (Å²) in [6, 6.07) is 3.70. The summed E-state index contributed by atoms with van der Waals surface area (Å²) in [5, 5.41) is 17.2. The van der Waals surface area contributed by atoms with Gasteiger partial charge in [-0.2, -0.15) is 0 Å². The molecule has 0 unspecified atom stereocenters. The van der Waals surface area contributed by atoms with Crippen LogP contribution in [0.2, 0.25) is 0 Å². The molecule has 0 spiro atoms. The van der Waals surface area contributed by atoms with Crippen LogP contribution in [0.4, 0.5) is 0 Å². The highest BCUT2D eigenvalue weighted by molar-refractivity contribution is 5.88. The largest absolute Gasteiger partial charge is 0.545 e. The van der Waals surface area contributed by atoms with Gasteiger partial charge in [0.05, 0.1) is 53.5 Å². The molecule has 0 radical (unpaired) electrons. The number of methoxy groups -OCH3 is 3. The first-order valence-electron chi connectivity index (χ1n) is 13.7.